The van der Waals surface area contributed by atoms with Gasteiger partial charge in [0.2, 0.25) is 0 Å². The molecule has 0 saturated carbocycles. The monoisotopic (exact) mass is 216 g/mol. The van der Waals surface area contributed by atoms with E-state index in [9.17, 15) is 4.79 Å². The highest BCUT2D eigenvalue weighted by molar-refractivity contribution is 6.02. The lowest BCUT2D eigenvalue weighted by atomic mass is 9.96. The molecule has 84 valence electrons. The molecule has 1 aromatic carbocycles. The first-order chi connectivity index (χ1) is 7.84. The van der Waals surface area contributed by atoms with Crippen molar-refractivity contribution in [2.75, 3.05) is 6.61 Å². The lowest BCUT2D eigenvalue weighted by molar-refractivity contribution is 0.0746. The second-order valence-electron chi connectivity index (χ2n) is 4.79. The van der Waals surface area contributed by atoms with Gasteiger partial charge in [0.25, 0.3) is 0 Å². The fraction of sp³-hybridized carbons (Fsp3) is 0.500. The predicted octanol–water partition coefficient (Wildman–Crippen LogP) is 2.61. The summed E-state index contributed by atoms with van der Waals surface area (Å²) in [6.45, 7) is 0.874. The van der Waals surface area contributed by atoms with Gasteiger partial charge in [-0.25, -0.2) is 0 Å². The number of carbonyl (C=O) groups is 1. The lowest BCUT2D eigenvalue weighted by Gasteiger charge is -2.13. The molecule has 0 aromatic heterocycles. The third-order valence-corrected chi connectivity index (χ3v) is 3.69. The van der Waals surface area contributed by atoms with Crippen LogP contribution in [0, 0.1) is 5.92 Å². The summed E-state index contributed by atoms with van der Waals surface area (Å²) in [5, 5.41) is 0. The molecule has 1 saturated heterocycles. The number of carbonyl (C=O) groups excluding carboxylic acids is 1. The molecule has 0 radical (unpaired) electrons. The van der Waals surface area contributed by atoms with Crippen molar-refractivity contribution >= 4 is 5.78 Å². The number of fused-ring (bicyclic) bond motifs is 1. The van der Waals surface area contributed by atoms with Crippen molar-refractivity contribution < 1.29 is 9.53 Å². The average Bonchev–Trinajstić information content (AvgIpc) is 2.90. The Hall–Kier alpha value is -1.15. The maximum absolute atomic E-state index is 12.1. The summed E-state index contributed by atoms with van der Waals surface area (Å²) < 4.78 is 5.61. The summed E-state index contributed by atoms with van der Waals surface area (Å²) >= 11 is 0. The van der Waals surface area contributed by atoms with Gasteiger partial charge in [-0.05, 0) is 31.2 Å². The second-order valence-corrected chi connectivity index (χ2v) is 4.79. The van der Waals surface area contributed by atoms with Gasteiger partial charge in [0, 0.05) is 18.1 Å². The van der Waals surface area contributed by atoms with Crippen molar-refractivity contribution in [3.8, 4) is 0 Å². The molecule has 2 atom stereocenters. The van der Waals surface area contributed by atoms with Crippen molar-refractivity contribution in [2.24, 2.45) is 5.92 Å². The normalized spacial score (nSPS) is 28.4. The minimum atomic E-state index is 0.167. The van der Waals surface area contributed by atoms with Crippen LogP contribution in [0.4, 0.5) is 0 Å². The summed E-state index contributed by atoms with van der Waals surface area (Å²) in [6.07, 6.45) is 4.42. The van der Waals surface area contributed by atoms with Crippen molar-refractivity contribution in [3.05, 3.63) is 35.4 Å². The molecule has 1 heterocycles. The molecular formula is C14H16O2. The quantitative estimate of drug-likeness (QED) is 0.759. The minimum Gasteiger partial charge on any atom is -0.378 e. The maximum Gasteiger partial charge on any atom is 0.166 e. The lowest BCUT2D eigenvalue weighted by Crippen LogP contribution is -2.17. The highest BCUT2D eigenvalue weighted by atomic mass is 16.5. The van der Waals surface area contributed by atoms with E-state index in [1.54, 1.807) is 0 Å². The zero-order valence-electron chi connectivity index (χ0n) is 9.32. The summed E-state index contributed by atoms with van der Waals surface area (Å²) in [5.41, 5.74) is 2.15. The molecule has 2 nitrogen and oxygen atoms in total. The number of Topliss-reactive ketones (excluding diaryl/α,β-unsaturated/α-hetero) is 1. The minimum absolute atomic E-state index is 0.167. The van der Waals surface area contributed by atoms with E-state index in [1.807, 2.05) is 18.2 Å². The van der Waals surface area contributed by atoms with Crippen LogP contribution in [-0.2, 0) is 11.2 Å². The van der Waals surface area contributed by atoms with Crippen LogP contribution in [0.1, 0.15) is 35.2 Å². The molecule has 2 unspecified atom stereocenters. The van der Waals surface area contributed by atoms with Gasteiger partial charge in [-0.1, -0.05) is 24.3 Å². The van der Waals surface area contributed by atoms with Gasteiger partial charge in [0.05, 0.1) is 6.10 Å². The third-order valence-electron chi connectivity index (χ3n) is 3.69. The predicted molar refractivity (Wildman–Crippen MR) is 61.6 cm³/mol. The van der Waals surface area contributed by atoms with Crippen LogP contribution < -0.4 is 0 Å². The molecule has 0 amide bonds. The van der Waals surface area contributed by atoms with Gasteiger partial charge in [-0.3, -0.25) is 4.79 Å². The van der Waals surface area contributed by atoms with Gasteiger partial charge in [0.15, 0.2) is 5.78 Å². The molecule has 0 bridgehead atoms. The first-order valence-corrected chi connectivity index (χ1v) is 6.08. The van der Waals surface area contributed by atoms with Crippen molar-refractivity contribution in [1.29, 1.82) is 0 Å². The molecule has 2 heteroatoms. The maximum atomic E-state index is 12.1. The third kappa shape index (κ3) is 1.67. The summed E-state index contributed by atoms with van der Waals surface area (Å²) in [7, 11) is 0. The number of hydrogen-bond acceptors (Lipinski definition) is 2. The number of rotatable bonds is 2. The van der Waals surface area contributed by atoms with Crippen molar-refractivity contribution in [1.82, 2.24) is 0 Å². The highest BCUT2D eigenvalue weighted by Gasteiger charge is 2.32. The Labute approximate surface area is 95.6 Å². The average molecular weight is 216 g/mol. The molecule has 0 spiro atoms. The van der Waals surface area contributed by atoms with Gasteiger partial charge in [0.1, 0.15) is 0 Å². The number of ether oxygens (including phenoxy) is 1. The SMILES string of the molecule is O=C1c2ccccc2CC1CC1CCCO1. The first kappa shape index (κ1) is 10.0. The van der Waals surface area contributed by atoms with Gasteiger partial charge >= 0.3 is 0 Å². The summed E-state index contributed by atoms with van der Waals surface area (Å²) in [6, 6.07) is 7.99. The van der Waals surface area contributed by atoms with Gasteiger partial charge < -0.3 is 4.74 Å². The topological polar surface area (TPSA) is 26.3 Å². The van der Waals surface area contributed by atoms with E-state index in [0.717, 1.165) is 37.9 Å². The van der Waals surface area contributed by atoms with Crippen LogP contribution >= 0.6 is 0 Å². The Morgan fingerprint density at radius 2 is 2.19 bits per heavy atom. The Balaban J connectivity index is 1.74. The fourth-order valence-electron chi connectivity index (χ4n) is 2.85. The molecule has 1 aromatic rings. The Kier molecular flexibility index (Phi) is 2.52. The number of ketones is 1. The van der Waals surface area contributed by atoms with Crippen LogP contribution in [0.5, 0.6) is 0 Å². The number of benzene rings is 1. The molecule has 1 aliphatic carbocycles. The molecular weight excluding hydrogens is 200 g/mol. The van der Waals surface area contributed by atoms with Crippen molar-refractivity contribution in [3.63, 3.8) is 0 Å². The highest BCUT2D eigenvalue weighted by Crippen LogP contribution is 2.31. The standard InChI is InChI=1S/C14H16O2/c15-14-11(9-12-5-3-7-16-12)8-10-4-1-2-6-13(10)14/h1-2,4,6,11-12H,3,5,7-9H2. The van der Waals surface area contributed by atoms with E-state index in [4.69, 9.17) is 4.74 Å². The van der Waals surface area contributed by atoms with E-state index >= 15 is 0 Å². The molecule has 0 N–H and O–H groups in total. The Bertz CT molecular complexity index is 405. The van der Waals surface area contributed by atoms with Crippen molar-refractivity contribution in [2.45, 2.75) is 31.8 Å². The van der Waals surface area contributed by atoms with E-state index in [-0.39, 0.29) is 5.92 Å². The second kappa shape index (κ2) is 4.02. The van der Waals surface area contributed by atoms with Crippen LogP contribution in [0.2, 0.25) is 0 Å². The van der Waals surface area contributed by atoms with Gasteiger partial charge in [-0.2, -0.15) is 0 Å². The smallest absolute Gasteiger partial charge is 0.166 e. The Morgan fingerprint density at radius 1 is 1.31 bits per heavy atom. The zero-order valence-corrected chi connectivity index (χ0v) is 9.32. The van der Waals surface area contributed by atoms with Gasteiger partial charge in [-0.15, -0.1) is 0 Å². The molecule has 1 aliphatic heterocycles. The van der Waals surface area contributed by atoms with E-state index in [2.05, 4.69) is 6.07 Å². The van der Waals surface area contributed by atoms with Crippen LogP contribution in [0.25, 0.3) is 0 Å². The summed E-state index contributed by atoms with van der Waals surface area (Å²) in [5.74, 6) is 0.492. The van der Waals surface area contributed by atoms with E-state index in [1.165, 1.54) is 5.56 Å². The zero-order chi connectivity index (χ0) is 11.0. The molecule has 2 aliphatic rings. The van der Waals surface area contributed by atoms with Crippen LogP contribution in [0.3, 0.4) is 0 Å². The van der Waals surface area contributed by atoms with E-state index in [0.29, 0.717) is 11.9 Å². The van der Waals surface area contributed by atoms with Crippen LogP contribution in [0.15, 0.2) is 24.3 Å². The van der Waals surface area contributed by atoms with Crippen LogP contribution in [-0.4, -0.2) is 18.5 Å². The molecule has 3 rings (SSSR count). The molecule has 1 fully saturated rings. The first-order valence-electron chi connectivity index (χ1n) is 6.08. The Morgan fingerprint density at radius 3 is 2.94 bits per heavy atom. The fourth-order valence-corrected chi connectivity index (χ4v) is 2.85. The van der Waals surface area contributed by atoms with E-state index < -0.39 is 0 Å². The largest absolute Gasteiger partial charge is 0.378 e. The molecule has 16 heavy (non-hydrogen) atoms. The number of hydrogen-bond donors (Lipinski definition) is 0. The summed E-state index contributed by atoms with van der Waals surface area (Å²) in [4.78, 5) is 12.1.